The molecule has 0 bridgehead atoms. The molecule has 0 saturated heterocycles. The normalized spacial score (nSPS) is 52.5. The zero-order chi connectivity index (χ0) is 17.3. The van der Waals surface area contributed by atoms with E-state index in [2.05, 4.69) is 46.8 Å². The summed E-state index contributed by atoms with van der Waals surface area (Å²) in [7, 11) is 0. The number of carbonyl (C=O) groups excluding carboxylic acids is 1. The van der Waals surface area contributed by atoms with E-state index < -0.39 is 0 Å². The van der Waals surface area contributed by atoms with Gasteiger partial charge in [0.05, 0.1) is 0 Å². The first kappa shape index (κ1) is 16.9. The smallest absolute Gasteiger partial charge is 0.139 e. The third kappa shape index (κ3) is 1.96. The van der Waals surface area contributed by atoms with Gasteiger partial charge in [-0.05, 0) is 72.5 Å². The Kier molecular flexibility index (Phi) is 3.66. The lowest BCUT2D eigenvalue weighted by Gasteiger charge is -2.61. The molecule has 4 rings (SSSR count). The van der Waals surface area contributed by atoms with Crippen LogP contribution in [0.1, 0.15) is 79.6 Å². The van der Waals surface area contributed by atoms with Gasteiger partial charge in [0.1, 0.15) is 5.78 Å². The van der Waals surface area contributed by atoms with E-state index in [4.69, 9.17) is 0 Å². The molecule has 0 aromatic heterocycles. The fourth-order valence-corrected chi connectivity index (χ4v) is 7.99. The summed E-state index contributed by atoms with van der Waals surface area (Å²) < 4.78 is 0. The van der Waals surface area contributed by atoms with Gasteiger partial charge in [-0.15, -0.1) is 0 Å². The number of carbonyl (C=O) groups is 1. The molecule has 3 fully saturated rings. The molecule has 0 aromatic rings. The molecule has 0 heterocycles. The van der Waals surface area contributed by atoms with Gasteiger partial charge in [-0.1, -0.05) is 53.2 Å². The van der Waals surface area contributed by atoms with Gasteiger partial charge in [-0.25, -0.2) is 0 Å². The van der Waals surface area contributed by atoms with Gasteiger partial charge in [0.25, 0.3) is 0 Å². The molecule has 1 nitrogen and oxygen atoms in total. The Balaban J connectivity index is 1.72. The Morgan fingerprint density at radius 2 is 1.67 bits per heavy atom. The second-order valence-electron chi connectivity index (χ2n) is 10.5. The maximum Gasteiger partial charge on any atom is 0.139 e. The van der Waals surface area contributed by atoms with Crippen LogP contribution in [0.25, 0.3) is 0 Å². The summed E-state index contributed by atoms with van der Waals surface area (Å²) in [5, 5.41) is 0. The third-order valence-corrected chi connectivity index (χ3v) is 9.49. The van der Waals surface area contributed by atoms with Crippen LogP contribution in [0, 0.1) is 45.8 Å². The first-order valence-corrected chi connectivity index (χ1v) is 10.5. The van der Waals surface area contributed by atoms with Crippen molar-refractivity contribution in [3.05, 3.63) is 12.2 Å². The third-order valence-electron chi connectivity index (χ3n) is 9.49. The topological polar surface area (TPSA) is 17.1 Å². The molecule has 4 aliphatic carbocycles. The molecule has 4 aliphatic rings. The Bertz CT molecular complexity index is 573. The monoisotopic (exact) mass is 328 g/mol. The van der Waals surface area contributed by atoms with Crippen molar-refractivity contribution in [2.45, 2.75) is 79.6 Å². The number of hydrogen-bond acceptors (Lipinski definition) is 1. The molecular weight excluding hydrogens is 292 g/mol. The molecule has 0 aliphatic heterocycles. The molecular formula is C23H36O. The zero-order valence-corrected chi connectivity index (χ0v) is 16.4. The van der Waals surface area contributed by atoms with Crippen LogP contribution >= 0.6 is 0 Å². The maximum atomic E-state index is 12.6. The lowest BCUT2D eigenvalue weighted by molar-refractivity contribution is -0.146. The number of fused-ring (bicyclic) bond motifs is 5. The highest BCUT2D eigenvalue weighted by atomic mass is 16.1. The van der Waals surface area contributed by atoms with Crippen LogP contribution in [-0.4, -0.2) is 5.78 Å². The summed E-state index contributed by atoms with van der Waals surface area (Å²) in [5.74, 6) is 4.32. The van der Waals surface area contributed by atoms with Crippen LogP contribution in [0.2, 0.25) is 0 Å². The van der Waals surface area contributed by atoms with E-state index in [0.29, 0.717) is 22.5 Å². The highest BCUT2D eigenvalue weighted by Gasteiger charge is 2.61. The van der Waals surface area contributed by atoms with Crippen LogP contribution in [0.5, 0.6) is 0 Å². The fourth-order valence-electron chi connectivity index (χ4n) is 7.99. The molecule has 0 N–H and O–H groups in total. The molecule has 24 heavy (non-hydrogen) atoms. The highest BCUT2D eigenvalue weighted by molar-refractivity contribution is 5.85. The summed E-state index contributed by atoms with van der Waals surface area (Å²) in [5.41, 5.74) is 0.739. The fraction of sp³-hybridized carbons (Fsp3) is 0.870. The maximum absolute atomic E-state index is 12.6. The summed E-state index contributed by atoms with van der Waals surface area (Å²) in [6.07, 6.45) is 14.0. The Hall–Kier alpha value is -0.590. The van der Waals surface area contributed by atoms with E-state index in [-0.39, 0.29) is 5.41 Å². The largest absolute Gasteiger partial charge is 0.299 e. The molecule has 1 heteroatoms. The number of rotatable bonds is 1. The summed E-state index contributed by atoms with van der Waals surface area (Å²) in [6.45, 7) is 11.9. The number of ketones is 1. The Labute approximate surface area is 148 Å². The SMILES string of the molecule is CCC1CCC2C3C=CC4C(C)(C)C(=O)CCC4(C)C3CCC12C. The van der Waals surface area contributed by atoms with Gasteiger partial charge in [-0.3, -0.25) is 4.79 Å². The average molecular weight is 329 g/mol. The van der Waals surface area contributed by atoms with Crippen LogP contribution in [0.3, 0.4) is 0 Å². The predicted molar refractivity (Wildman–Crippen MR) is 99.6 cm³/mol. The minimum Gasteiger partial charge on any atom is -0.299 e. The highest BCUT2D eigenvalue weighted by Crippen LogP contribution is 2.67. The van der Waals surface area contributed by atoms with Gasteiger partial charge in [0, 0.05) is 11.8 Å². The van der Waals surface area contributed by atoms with E-state index >= 15 is 0 Å². The summed E-state index contributed by atoms with van der Waals surface area (Å²) in [6, 6.07) is 0. The molecule has 0 aromatic carbocycles. The molecule has 0 radical (unpaired) electrons. The van der Waals surface area contributed by atoms with Crippen LogP contribution in [0.4, 0.5) is 0 Å². The van der Waals surface area contributed by atoms with Gasteiger partial charge in [-0.2, -0.15) is 0 Å². The minimum absolute atomic E-state index is 0.170. The lowest BCUT2D eigenvalue weighted by atomic mass is 9.43. The van der Waals surface area contributed by atoms with E-state index in [9.17, 15) is 4.79 Å². The lowest BCUT2D eigenvalue weighted by Crippen LogP contribution is -2.56. The van der Waals surface area contributed by atoms with Crippen LogP contribution < -0.4 is 0 Å². The van der Waals surface area contributed by atoms with E-state index in [1.54, 1.807) is 0 Å². The molecule has 0 amide bonds. The van der Waals surface area contributed by atoms with E-state index in [0.717, 1.165) is 36.5 Å². The predicted octanol–water partition coefficient (Wildman–Crippen LogP) is 6.04. The number of allylic oxidation sites excluding steroid dienone is 2. The van der Waals surface area contributed by atoms with Crippen molar-refractivity contribution in [1.82, 2.24) is 0 Å². The molecule has 7 unspecified atom stereocenters. The second-order valence-corrected chi connectivity index (χ2v) is 10.5. The first-order chi connectivity index (χ1) is 11.2. The second kappa shape index (κ2) is 5.21. The molecule has 7 atom stereocenters. The van der Waals surface area contributed by atoms with Crippen molar-refractivity contribution in [3.63, 3.8) is 0 Å². The van der Waals surface area contributed by atoms with Crippen molar-refractivity contribution >= 4 is 5.78 Å². The minimum atomic E-state index is -0.170. The Morgan fingerprint density at radius 1 is 0.958 bits per heavy atom. The standard InChI is InChI=1S/C23H36O/c1-6-15-7-9-17-16-8-10-19-21(2,3)20(24)12-14-23(19,5)18(16)11-13-22(15,17)4/h8,10,15-19H,6-7,9,11-14H2,1-5H3. The van der Waals surface area contributed by atoms with Crippen LogP contribution in [0.15, 0.2) is 12.2 Å². The van der Waals surface area contributed by atoms with Crippen LogP contribution in [-0.2, 0) is 4.79 Å². The average Bonchev–Trinajstić information content (AvgIpc) is 2.88. The van der Waals surface area contributed by atoms with Crippen molar-refractivity contribution < 1.29 is 4.79 Å². The van der Waals surface area contributed by atoms with Gasteiger partial charge in [0.2, 0.25) is 0 Å². The van der Waals surface area contributed by atoms with E-state index in [1.165, 1.54) is 32.1 Å². The zero-order valence-electron chi connectivity index (χ0n) is 16.4. The summed E-state index contributed by atoms with van der Waals surface area (Å²) >= 11 is 0. The van der Waals surface area contributed by atoms with Gasteiger partial charge in [0.15, 0.2) is 0 Å². The summed E-state index contributed by atoms with van der Waals surface area (Å²) in [4.78, 5) is 12.6. The molecule has 134 valence electrons. The van der Waals surface area contributed by atoms with Crippen molar-refractivity contribution in [3.8, 4) is 0 Å². The molecule has 0 spiro atoms. The molecule has 3 saturated carbocycles. The van der Waals surface area contributed by atoms with Gasteiger partial charge < -0.3 is 0 Å². The number of Topliss-reactive ketones (excluding diaryl/α,β-unsaturated/α-hetero) is 1. The van der Waals surface area contributed by atoms with E-state index in [1.807, 2.05) is 0 Å². The first-order valence-electron chi connectivity index (χ1n) is 10.5. The van der Waals surface area contributed by atoms with Crippen molar-refractivity contribution in [2.24, 2.45) is 45.8 Å². The van der Waals surface area contributed by atoms with Gasteiger partial charge >= 0.3 is 0 Å². The Morgan fingerprint density at radius 3 is 2.38 bits per heavy atom. The quantitative estimate of drug-likeness (QED) is 0.537. The number of hydrogen-bond donors (Lipinski definition) is 0. The van der Waals surface area contributed by atoms with Crippen molar-refractivity contribution in [1.29, 1.82) is 0 Å². The van der Waals surface area contributed by atoms with Crippen molar-refractivity contribution in [2.75, 3.05) is 0 Å².